The summed E-state index contributed by atoms with van der Waals surface area (Å²) in [6.45, 7) is 6.11. The van der Waals surface area contributed by atoms with E-state index in [1.54, 1.807) is 25.1 Å². The molecule has 0 atom stereocenters. The number of fused-ring (bicyclic) bond motifs is 1. The van der Waals surface area contributed by atoms with Crippen LogP contribution in [0.1, 0.15) is 31.9 Å². The number of nitrogen functional groups attached to an aromatic ring is 1. The largest absolute Gasteiger partial charge is 0.398 e. The fraction of sp³-hybridized carbons (Fsp3) is 0.538. The molecule has 0 aromatic heterocycles. The molecular formula is C13H20N2O2S. The molecule has 5 heteroatoms. The standard InChI is InChI=1S/C13H20N2O2S/c1-13(2,3)18(16,17)15-8-7-10-5-4-6-12(14)11(10)9-15/h4-6H,7-9,14H2,1-3H3. The van der Waals surface area contributed by atoms with Gasteiger partial charge in [-0.15, -0.1) is 0 Å². The van der Waals surface area contributed by atoms with Gasteiger partial charge in [-0.2, -0.15) is 4.31 Å². The van der Waals surface area contributed by atoms with Crippen LogP contribution in [0.15, 0.2) is 18.2 Å². The van der Waals surface area contributed by atoms with Crippen molar-refractivity contribution in [1.29, 1.82) is 0 Å². The molecule has 0 radical (unpaired) electrons. The quantitative estimate of drug-likeness (QED) is 0.789. The van der Waals surface area contributed by atoms with Crippen molar-refractivity contribution in [3.63, 3.8) is 0 Å². The van der Waals surface area contributed by atoms with Crippen molar-refractivity contribution in [2.45, 2.75) is 38.5 Å². The Kier molecular flexibility index (Phi) is 3.15. The van der Waals surface area contributed by atoms with Crippen molar-refractivity contribution in [3.8, 4) is 0 Å². The minimum absolute atomic E-state index is 0.390. The first-order chi connectivity index (χ1) is 8.23. The Labute approximate surface area is 109 Å². The van der Waals surface area contributed by atoms with E-state index in [9.17, 15) is 8.42 Å². The summed E-state index contributed by atoms with van der Waals surface area (Å²) >= 11 is 0. The zero-order chi connectivity index (χ0) is 13.6. The maximum atomic E-state index is 12.4. The number of benzene rings is 1. The molecule has 2 N–H and O–H groups in total. The molecule has 0 spiro atoms. The molecule has 4 nitrogen and oxygen atoms in total. The molecule has 0 aliphatic carbocycles. The maximum Gasteiger partial charge on any atom is 0.219 e. The van der Waals surface area contributed by atoms with Gasteiger partial charge >= 0.3 is 0 Å². The van der Waals surface area contributed by atoms with Crippen LogP contribution in [0.25, 0.3) is 0 Å². The second-order valence-electron chi connectivity index (χ2n) is 5.69. The first-order valence-corrected chi connectivity index (χ1v) is 7.53. The lowest BCUT2D eigenvalue weighted by Crippen LogP contribution is -2.45. The second-order valence-corrected chi connectivity index (χ2v) is 8.38. The molecule has 0 unspecified atom stereocenters. The lowest BCUT2D eigenvalue weighted by molar-refractivity contribution is 0.377. The van der Waals surface area contributed by atoms with Crippen LogP contribution in [0, 0.1) is 0 Å². The smallest absolute Gasteiger partial charge is 0.219 e. The highest BCUT2D eigenvalue weighted by atomic mass is 32.2. The Morgan fingerprint density at radius 1 is 1.28 bits per heavy atom. The SMILES string of the molecule is CC(C)(C)S(=O)(=O)N1CCc2cccc(N)c2C1. The van der Waals surface area contributed by atoms with Crippen molar-refractivity contribution in [2.75, 3.05) is 12.3 Å². The van der Waals surface area contributed by atoms with Crippen molar-refractivity contribution >= 4 is 15.7 Å². The molecule has 0 bridgehead atoms. The summed E-state index contributed by atoms with van der Waals surface area (Å²) in [6.07, 6.45) is 0.732. The third kappa shape index (κ3) is 2.12. The number of sulfonamides is 1. The molecular weight excluding hydrogens is 248 g/mol. The Balaban J connectivity index is 2.36. The van der Waals surface area contributed by atoms with Crippen molar-refractivity contribution in [1.82, 2.24) is 4.31 Å². The van der Waals surface area contributed by atoms with E-state index in [-0.39, 0.29) is 0 Å². The van der Waals surface area contributed by atoms with Gasteiger partial charge in [0.1, 0.15) is 0 Å². The highest BCUT2D eigenvalue weighted by molar-refractivity contribution is 7.90. The van der Waals surface area contributed by atoms with E-state index in [0.717, 1.165) is 17.5 Å². The molecule has 1 heterocycles. The summed E-state index contributed by atoms with van der Waals surface area (Å²) in [5.74, 6) is 0. The highest BCUT2D eigenvalue weighted by Crippen LogP contribution is 2.29. The average Bonchev–Trinajstić information content (AvgIpc) is 2.27. The molecule has 100 valence electrons. The van der Waals surface area contributed by atoms with Gasteiger partial charge in [0.05, 0.1) is 4.75 Å². The highest BCUT2D eigenvalue weighted by Gasteiger charge is 2.37. The van der Waals surface area contributed by atoms with Gasteiger partial charge < -0.3 is 5.73 Å². The molecule has 0 saturated carbocycles. The van der Waals surface area contributed by atoms with Gasteiger partial charge in [0.2, 0.25) is 10.0 Å². The second kappa shape index (κ2) is 4.24. The molecule has 0 saturated heterocycles. The van der Waals surface area contributed by atoms with E-state index in [2.05, 4.69) is 0 Å². The summed E-state index contributed by atoms with van der Waals surface area (Å²) in [6, 6.07) is 5.76. The van der Waals surface area contributed by atoms with Crippen LogP contribution in [0.3, 0.4) is 0 Å². The van der Waals surface area contributed by atoms with E-state index in [0.29, 0.717) is 18.8 Å². The molecule has 18 heavy (non-hydrogen) atoms. The Hall–Kier alpha value is -1.07. The Morgan fingerprint density at radius 2 is 1.94 bits per heavy atom. The molecule has 0 fully saturated rings. The Morgan fingerprint density at radius 3 is 2.56 bits per heavy atom. The third-order valence-electron chi connectivity index (χ3n) is 3.39. The van der Waals surface area contributed by atoms with Crippen LogP contribution in [0.4, 0.5) is 5.69 Å². The van der Waals surface area contributed by atoms with Crippen molar-refractivity contribution in [2.24, 2.45) is 0 Å². The van der Waals surface area contributed by atoms with Crippen LogP contribution in [-0.2, 0) is 23.0 Å². The Bertz CT molecular complexity index is 559. The molecule has 1 aliphatic heterocycles. The zero-order valence-corrected chi connectivity index (χ0v) is 11.9. The predicted molar refractivity (Wildman–Crippen MR) is 73.6 cm³/mol. The lowest BCUT2D eigenvalue weighted by atomic mass is 10.00. The van der Waals surface area contributed by atoms with E-state index in [1.807, 2.05) is 18.2 Å². The van der Waals surface area contributed by atoms with Crippen LogP contribution in [0.5, 0.6) is 0 Å². The summed E-state index contributed by atoms with van der Waals surface area (Å²) in [5, 5.41) is 0. The van der Waals surface area contributed by atoms with E-state index in [1.165, 1.54) is 0 Å². The monoisotopic (exact) mass is 268 g/mol. The number of rotatable bonds is 1. The summed E-state index contributed by atoms with van der Waals surface area (Å²) in [5.41, 5.74) is 8.73. The first kappa shape index (κ1) is 13.4. The molecule has 0 amide bonds. The molecule has 1 aromatic rings. The number of nitrogens with zero attached hydrogens (tertiary/aromatic N) is 1. The maximum absolute atomic E-state index is 12.4. The minimum atomic E-state index is -3.28. The van der Waals surface area contributed by atoms with Crippen LogP contribution < -0.4 is 5.73 Å². The predicted octanol–water partition coefficient (Wildman–Crippen LogP) is 1.76. The summed E-state index contributed by atoms with van der Waals surface area (Å²) in [7, 11) is -3.28. The zero-order valence-electron chi connectivity index (χ0n) is 11.1. The van der Waals surface area contributed by atoms with Crippen LogP contribution in [-0.4, -0.2) is 24.0 Å². The van der Waals surface area contributed by atoms with Gasteiger partial charge in [0.15, 0.2) is 0 Å². The van der Waals surface area contributed by atoms with Gasteiger partial charge in [-0.25, -0.2) is 8.42 Å². The normalized spacial score (nSPS) is 17.5. The number of hydrogen-bond donors (Lipinski definition) is 1. The lowest BCUT2D eigenvalue weighted by Gasteiger charge is -2.33. The molecule has 1 aliphatic rings. The molecule has 1 aromatic carbocycles. The van der Waals surface area contributed by atoms with Gasteiger partial charge in [-0.1, -0.05) is 12.1 Å². The topological polar surface area (TPSA) is 63.4 Å². The van der Waals surface area contributed by atoms with Gasteiger partial charge in [-0.3, -0.25) is 0 Å². The van der Waals surface area contributed by atoms with E-state index >= 15 is 0 Å². The van der Waals surface area contributed by atoms with Gasteiger partial charge in [-0.05, 0) is 44.4 Å². The third-order valence-corrected chi connectivity index (χ3v) is 5.93. The van der Waals surface area contributed by atoms with E-state index < -0.39 is 14.8 Å². The van der Waals surface area contributed by atoms with Crippen LogP contribution >= 0.6 is 0 Å². The summed E-state index contributed by atoms with van der Waals surface area (Å²) < 4.78 is 25.6. The van der Waals surface area contributed by atoms with Crippen molar-refractivity contribution < 1.29 is 8.42 Å². The van der Waals surface area contributed by atoms with E-state index in [4.69, 9.17) is 5.73 Å². The van der Waals surface area contributed by atoms with Gasteiger partial charge in [0.25, 0.3) is 0 Å². The first-order valence-electron chi connectivity index (χ1n) is 6.09. The number of nitrogens with two attached hydrogens (primary N) is 1. The fourth-order valence-corrected chi connectivity index (χ4v) is 3.58. The van der Waals surface area contributed by atoms with Crippen LogP contribution in [0.2, 0.25) is 0 Å². The van der Waals surface area contributed by atoms with Crippen molar-refractivity contribution in [3.05, 3.63) is 29.3 Å². The number of anilines is 1. The van der Waals surface area contributed by atoms with Gasteiger partial charge in [0, 0.05) is 18.8 Å². The average molecular weight is 268 g/mol. The fourth-order valence-electron chi connectivity index (χ4n) is 2.17. The number of hydrogen-bond acceptors (Lipinski definition) is 3. The minimum Gasteiger partial charge on any atom is -0.398 e. The summed E-state index contributed by atoms with van der Waals surface area (Å²) in [4.78, 5) is 0. The molecule has 2 rings (SSSR count).